The van der Waals surface area contributed by atoms with E-state index >= 15 is 0 Å². The van der Waals surface area contributed by atoms with Crippen LogP contribution in [0.1, 0.15) is 13.3 Å². The van der Waals surface area contributed by atoms with Gasteiger partial charge in [-0.05, 0) is 18.9 Å². The van der Waals surface area contributed by atoms with Gasteiger partial charge in [0, 0.05) is 13.1 Å². The molecule has 0 aromatic heterocycles. The third kappa shape index (κ3) is 1.75. The van der Waals surface area contributed by atoms with Crippen molar-refractivity contribution in [3.05, 3.63) is 0 Å². The van der Waals surface area contributed by atoms with Crippen molar-refractivity contribution in [3.8, 4) is 0 Å². The van der Waals surface area contributed by atoms with Gasteiger partial charge in [-0.2, -0.15) is 0 Å². The van der Waals surface area contributed by atoms with Crippen LogP contribution in [0.2, 0.25) is 0 Å². The molecule has 2 aliphatic rings. The van der Waals surface area contributed by atoms with E-state index in [4.69, 9.17) is 0 Å². The summed E-state index contributed by atoms with van der Waals surface area (Å²) in [5.74, 6) is 0.601. The standard InChI is InChI=1S/C10H17FN2O/c1-7-4-12-5-9(7)10(14)13-3-2-8(11)6-13/h7-9,12H,2-6H2,1H3. The maximum Gasteiger partial charge on any atom is 0.227 e. The van der Waals surface area contributed by atoms with E-state index in [1.54, 1.807) is 4.90 Å². The van der Waals surface area contributed by atoms with E-state index in [1.807, 2.05) is 0 Å². The summed E-state index contributed by atoms with van der Waals surface area (Å²) in [6.45, 7) is 4.65. The van der Waals surface area contributed by atoms with Gasteiger partial charge in [-0.15, -0.1) is 0 Å². The average molecular weight is 200 g/mol. The van der Waals surface area contributed by atoms with Gasteiger partial charge in [-0.3, -0.25) is 4.79 Å². The van der Waals surface area contributed by atoms with Gasteiger partial charge in [-0.1, -0.05) is 6.92 Å². The molecule has 14 heavy (non-hydrogen) atoms. The quantitative estimate of drug-likeness (QED) is 0.665. The van der Waals surface area contributed by atoms with Gasteiger partial charge in [0.25, 0.3) is 0 Å². The molecule has 2 heterocycles. The van der Waals surface area contributed by atoms with Gasteiger partial charge in [-0.25, -0.2) is 4.39 Å². The molecule has 2 fully saturated rings. The van der Waals surface area contributed by atoms with Crippen LogP contribution in [0.5, 0.6) is 0 Å². The zero-order chi connectivity index (χ0) is 10.1. The fourth-order valence-electron chi connectivity index (χ4n) is 2.29. The molecule has 3 nitrogen and oxygen atoms in total. The number of carbonyl (C=O) groups excluding carboxylic acids is 1. The Morgan fingerprint density at radius 3 is 2.79 bits per heavy atom. The average Bonchev–Trinajstić information content (AvgIpc) is 2.73. The third-order valence-corrected chi connectivity index (χ3v) is 3.28. The molecule has 0 bridgehead atoms. The first-order valence-corrected chi connectivity index (χ1v) is 5.32. The molecular formula is C10H17FN2O. The fraction of sp³-hybridized carbons (Fsp3) is 0.900. The van der Waals surface area contributed by atoms with Gasteiger partial charge in [0.2, 0.25) is 5.91 Å². The van der Waals surface area contributed by atoms with Crippen LogP contribution in [0.3, 0.4) is 0 Å². The summed E-state index contributed by atoms with van der Waals surface area (Å²) in [5, 5.41) is 3.20. The van der Waals surface area contributed by atoms with E-state index in [0.717, 1.165) is 13.1 Å². The Kier molecular flexibility index (Phi) is 2.72. The lowest BCUT2D eigenvalue weighted by Gasteiger charge is -2.21. The highest BCUT2D eigenvalue weighted by Gasteiger charge is 2.35. The molecule has 0 radical (unpaired) electrons. The maximum absolute atomic E-state index is 12.9. The molecule has 3 unspecified atom stereocenters. The molecule has 2 rings (SSSR count). The third-order valence-electron chi connectivity index (χ3n) is 3.28. The van der Waals surface area contributed by atoms with Crippen molar-refractivity contribution in [2.45, 2.75) is 19.5 Å². The molecule has 0 aromatic carbocycles. The second-order valence-electron chi connectivity index (χ2n) is 4.41. The molecule has 80 valence electrons. The Morgan fingerprint density at radius 1 is 1.50 bits per heavy atom. The predicted molar refractivity (Wildman–Crippen MR) is 51.6 cm³/mol. The second-order valence-corrected chi connectivity index (χ2v) is 4.41. The molecule has 4 heteroatoms. The van der Waals surface area contributed by atoms with Gasteiger partial charge < -0.3 is 10.2 Å². The fourth-order valence-corrected chi connectivity index (χ4v) is 2.29. The Balaban J connectivity index is 1.94. The van der Waals surface area contributed by atoms with Crippen molar-refractivity contribution < 1.29 is 9.18 Å². The smallest absolute Gasteiger partial charge is 0.227 e. The second kappa shape index (κ2) is 3.85. The molecule has 0 saturated carbocycles. The lowest BCUT2D eigenvalue weighted by Crippen LogP contribution is -2.37. The van der Waals surface area contributed by atoms with E-state index in [9.17, 15) is 9.18 Å². The van der Waals surface area contributed by atoms with Crippen LogP contribution in [-0.4, -0.2) is 43.2 Å². The minimum absolute atomic E-state index is 0.0697. The number of likely N-dealkylation sites (tertiary alicyclic amines) is 1. The molecule has 1 N–H and O–H groups in total. The monoisotopic (exact) mass is 200 g/mol. The van der Waals surface area contributed by atoms with Gasteiger partial charge in [0.05, 0.1) is 12.5 Å². The number of nitrogens with zero attached hydrogens (tertiary/aromatic N) is 1. The largest absolute Gasteiger partial charge is 0.339 e. The Hall–Kier alpha value is -0.640. The Bertz CT molecular complexity index is 234. The summed E-state index contributed by atoms with van der Waals surface area (Å²) in [6.07, 6.45) is -0.288. The van der Waals surface area contributed by atoms with Crippen molar-refractivity contribution in [1.29, 1.82) is 0 Å². The number of halogens is 1. The number of rotatable bonds is 1. The summed E-state index contributed by atoms with van der Waals surface area (Å²) in [6, 6.07) is 0. The van der Waals surface area contributed by atoms with Gasteiger partial charge >= 0.3 is 0 Å². The maximum atomic E-state index is 12.9. The first-order chi connectivity index (χ1) is 6.68. The highest BCUT2D eigenvalue weighted by molar-refractivity contribution is 5.80. The predicted octanol–water partition coefficient (Wildman–Crippen LogP) is 0.412. The number of carbonyl (C=O) groups is 1. The molecule has 2 saturated heterocycles. The summed E-state index contributed by atoms with van der Waals surface area (Å²) in [7, 11) is 0. The van der Waals surface area contributed by atoms with Gasteiger partial charge in [0.1, 0.15) is 6.17 Å². The molecular weight excluding hydrogens is 183 g/mol. The molecule has 1 amide bonds. The topological polar surface area (TPSA) is 32.3 Å². The van der Waals surface area contributed by atoms with E-state index in [1.165, 1.54) is 0 Å². The van der Waals surface area contributed by atoms with Crippen LogP contribution < -0.4 is 5.32 Å². The van der Waals surface area contributed by atoms with Crippen LogP contribution in [-0.2, 0) is 4.79 Å². The van der Waals surface area contributed by atoms with E-state index in [0.29, 0.717) is 25.4 Å². The first-order valence-electron chi connectivity index (χ1n) is 5.32. The zero-order valence-corrected chi connectivity index (χ0v) is 8.50. The highest BCUT2D eigenvalue weighted by Crippen LogP contribution is 2.22. The van der Waals surface area contributed by atoms with Gasteiger partial charge in [0.15, 0.2) is 0 Å². The van der Waals surface area contributed by atoms with Crippen molar-refractivity contribution in [1.82, 2.24) is 10.2 Å². The summed E-state index contributed by atoms with van der Waals surface area (Å²) >= 11 is 0. The van der Waals surface area contributed by atoms with Crippen LogP contribution in [0, 0.1) is 11.8 Å². The molecule has 0 aromatic rings. The number of alkyl halides is 1. The van der Waals surface area contributed by atoms with Crippen LogP contribution in [0.4, 0.5) is 4.39 Å². The van der Waals surface area contributed by atoms with Crippen molar-refractivity contribution in [3.63, 3.8) is 0 Å². The summed E-state index contributed by atoms with van der Waals surface area (Å²) < 4.78 is 12.9. The zero-order valence-electron chi connectivity index (χ0n) is 8.50. The van der Waals surface area contributed by atoms with Crippen molar-refractivity contribution >= 4 is 5.91 Å². The lowest BCUT2D eigenvalue weighted by molar-refractivity contribution is -0.135. The van der Waals surface area contributed by atoms with Crippen LogP contribution in [0.25, 0.3) is 0 Å². The normalized spacial score (nSPS) is 37.9. The lowest BCUT2D eigenvalue weighted by atomic mass is 9.97. The Labute approximate surface area is 83.6 Å². The van der Waals surface area contributed by atoms with Crippen LogP contribution >= 0.6 is 0 Å². The van der Waals surface area contributed by atoms with Crippen molar-refractivity contribution in [2.24, 2.45) is 11.8 Å². The van der Waals surface area contributed by atoms with E-state index < -0.39 is 6.17 Å². The Morgan fingerprint density at radius 2 is 2.29 bits per heavy atom. The number of nitrogens with one attached hydrogen (secondary N) is 1. The SMILES string of the molecule is CC1CNCC1C(=O)N1CCC(F)C1. The van der Waals surface area contributed by atoms with Crippen molar-refractivity contribution in [2.75, 3.05) is 26.2 Å². The summed E-state index contributed by atoms with van der Waals surface area (Å²) in [5.41, 5.74) is 0. The molecule has 3 atom stereocenters. The summed E-state index contributed by atoms with van der Waals surface area (Å²) in [4.78, 5) is 13.6. The molecule has 0 aliphatic carbocycles. The number of hydrogen-bond acceptors (Lipinski definition) is 2. The van der Waals surface area contributed by atoms with E-state index in [2.05, 4.69) is 12.2 Å². The van der Waals surface area contributed by atoms with E-state index in [-0.39, 0.29) is 11.8 Å². The molecule has 0 spiro atoms. The van der Waals surface area contributed by atoms with Crippen LogP contribution in [0.15, 0.2) is 0 Å². The first kappa shape index (κ1) is 9.90. The highest BCUT2D eigenvalue weighted by atomic mass is 19.1. The minimum atomic E-state index is -0.802. The minimum Gasteiger partial charge on any atom is -0.339 e. The molecule has 2 aliphatic heterocycles. The number of hydrogen-bond donors (Lipinski definition) is 1. The number of amides is 1.